The number of hydrogen-bond acceptors (Lipinski definition) is 2. The van der Waals surface area contributed by atoms with E-state index >= 15 is 0 Å². The van der Waals surface area contributed by atoms with Crippen LogP contribution in [0.15, 0.2) is 30.3 Å². The van der Waals surface area contributed by atoms with Crippen LogP contribution in [0.1, 0.15) is 31.9 Å². The summed E-state index contributed by atoms with van der Waals surface area (Å²) in [5.74, 6) is 0. The molecule has 1 N–H and O–H groups in total. The van der Waals surface area contributed by atoms with Crippen molar-refractivity contribution in [2.75, 3.05) is 0 Å². The summed E-state index contributed by atoms with van der Waals surface area (Å²) < 4.78 is 5.71. The van der Waals surface area contributed by atoms with Crippen molar-refractivity contribution in [3.8, 4) is 0 Å². The van der Waals surface area contributed by atoms with Gasteiger partial charge in [-0.2, -0.15) is 0 Å². The first-order chi connectivity index (χ1) is 6.59. The fourth-order valence-corrected chi connectivity index (χ4v) is 1.85. The van der Waals surface area contributed by atoms with Gasteiger partial charge in [0.15, 0.2) is 0 Å². The zero-order valence-corrected chi connectivity index (χ0v) is 8.60. The quantitative estimate of drug-likeness (QED) is 0.739. The highest BCUT2D eigenvalue weighted by atomic mass is 16.5. The normalized spacial score (nSPS) is 37.4. The van der Waals surface area contributed by atoms with Crippen LogP contribution in [-0.2, 0) is 4.74 Å². The lowest BCUT2D eigenvalue weighted by Gasteiger charge is -2.18. The van der Waals surface area contributed by atoms with Gasteiger partial charge < -0.3 is 9.84 Å². The molecule has 2 nitrogen and oxygen atoms in total. The number of rotatable bonds is 1. The van der Waals surface area contributed by atoms with Crippen molar-refractivity contribution in [1.29, 1.82) is 0 Å². The molecule has 14 heavy (non-hydrogen) atoms. The highest BCUT2D eigenvalue weighted by Gasteiger charge is 2.41. The molecule has 1 aliphatic heterocycles. The molecule has 3 atom stereocenters. The standard InChI is InChI=1S/C12H16O2/c1-9-12(2,13)8-11(14-9)10-6-4-3-5-7-10/h3-7,9,11,13H,8H2,1-2H3/t9-,11-,12+/m0/s1. The molecule has 0 bridgehead atoms. The third-order valence-corrected chi connectivity index (χ3v) is 3.01. The van der Waals surface area contributed by atoms with Crippen molar-refractivity contribution in [3.63, 3.8) is 0 Å². The Balaban J connectivity index is 2.17. The molecule has 76 valence electrons. The predicted molar refractivity (Wildman–Crippen MR) is 55.0 cm³/mol. The summed E-state index contributed by atoms with van der Waals surface area (Å²) >= 11 is 0. The first kappa shape index (κ1) is 9.69. The molecule has 1 aromatic rings. The minimum Gasteiger partial charge on any atom is -0.387 e. The Labute approximate surface area is 84.5 Å². The van der Waals surface area contributed by atoms with E-state index in [1.165, 1.54) is 0 Å². The summed E-state index contributed by atoms with van der Waals surface area (Å²) in [6, 6.07) is 10.1. The second-order valence-corrected chi connectivity index (χ2v) is 4.24. The molecule has 2 heteroatoms. The third-order valence-electron chi connectivity index (χ3n) is 3.01. The van der Waals surface area contributed by atoms with Gasteiger partial charge in [0, 0.05) is 6.42 Å². The second-order valence-electron chi connectivity index (χ2n) is 4.24. The Morgan fingerprint density at radius 1 is 1.36 bits per heavy atom. The van der Waals surface area contributed by atoms with Gasteiger partial charge in [-0.1, -0.05) is 30.3 Å². The largest absolute Gasteiger partial charge is 0.387 e. The molecule has 1 saturated heterocycles. The zero-order valence-electron chi connectivity index (χ0n) is 8.60. The van der Waals surface area contributed by atoms with E-state index in [4.69, 9.17) is 4.74 Å². The molecule has 0 saturated carbocycles. The minimum absolute atomic E-state index is 0.0428. The van der Waals surface area contributed by atoms with Crippen LogP contribution in [0.4, 0.5) is 0 Å². The first-order valence-electron chi connectivity index (χ1n) is 5.02. The summed E-state index contributed by atoms with van der Waals surface area (Å²) in [6.07, 6.45) is 0.631. The highest BCUT2D eigenvalue weighted by molar-refractivity contribution is 5.19. The monoisotopic (exact) mass is 192 g/mol. The molecule has 0 radical (unpaired) electrons. The Hall–Kier alpha value is -0.860. The van der Waals surface area contributed by atoms with Gasteiger partial charge in [0.05, 0.1) is 17.8 Å². The van der Waals surface area contributed by atoms with Gasteiger partial charge in [-0.3, -0.25) is 0 Å². The van der Waals surface area contributed by atoms with Crippen LogP contribution < -0.4 is 0 Å². The summed E-state index contributed by atoms with van der Waals surface area (Å²) in [5, 5.41) is 9.97. The van der Waals surface area contributed by atoms with Crippen molar-refractivity contribution >= 4 is 0 Å². The van der Waals surface area contributed by atoms with Gasteiger partial charge >= 0.3 is 0 Å². The Kier molecular flexibility index (Phi) is 2.33. The van der Waals surface area contributed by atoms with Crippen LogP contribution in [0, 0.1) is 0 Å². The summed E-state index contributed by atoms with van der Waals surface area (Å²) in [6.45, 7) is 3.75. The number of ether oxygens (including phenoxy) is 1. The van der Waals surface area contributed by atoms with E-state index < -0.39 is 5.60 Å². The van der Waals surface area contributed by atoms with E-state index in [2.05, 4.69) is 0 Å². The molecule has 0 spiro atoms. The number of aliphatic hydroxyl groups is 1. The van der Waals surface area contributed by atoms with Crippen LogP contribution in [0.25, 0.3) is 0 Å². The molecule has 0 aromatic heterocycles. The van der Waals surface area contributed by atoms with E-state index in [0.29, 0.717) is 6.42 Å². The van der Waals surface area contributed by atoms with Crippen molar-refractivity contribution in [2.24, 2.45) is 0 Å². The SMILES string of the molecule is C[C@@H]1O[C@H](c2ccccc2)C[C@@]1(C)O. The number of hydrogen-bond donors (Lipinski definition) is 1. The molecule has 0 unspecified atom stereocenters. The van der Waals surface area contributed by atoms with Gasteiger partial charge in [0.25, 0.3) is 0 Å². The lowest BCUT2D eigenvalue weighted by molar-refractivity contribution is -0.0262. The molecular formula is C12H16O2. The van der Waals surface area contributed by atoms with Crippen molar-refractivity contribution in [3.05, 3.63) is 35.9 Å². The maximum atomic E-state index is 9.97. The average molecular weight is 192 g/mol. The van der Waals surface area contributed by atoms with Crippen LogP contribution in [-0.4, -0.2) is 16.8 Å². The maximum Gasteiger partial charge on any atom is 0.0905 e. The Morgan fingerprint density at radius 3 is 2.50 bits per heavy atom. The Morgan fingerprint density at radius 2 is 2.00 bits per heavy atom. The molecule has 0 amide bonds. The third kappa shape index (κ3) is 1.68. The molecular weight excluding hydrogens is 176 g/mol. The fraction of sp³-hybridized carbons (Fsp3) is 0.500. The van der Waals surface area contributed by atoms with Crippen LogP contribution >= 0.6 is 0 Å². The van der Waals surface area contributed by atoms with E-state index in [1.54, 1.807) is 0 Å². The molecule has 0 aliphatic carbocycles. The van der Waals surface area contributed by atoms with Gasteiger partial charge in [0.1, 0.15) is 0 Å². The minimum atomic E-state index is -0.694. The van der Waals surface area contributed by atoms with E-state index in [1.807, 2.05) is 44.2 Å². The lowest BCUT2D eigenvalue weighted by Crippen LogP contribution is -2.31. The second kappa shape index (κ2) is 3.37. The summed E-state index contributed by atoms with van der Waals surface area (Å²) in [4.78, 5) is 0. The fourth-order valence-electron chi connectivity index (χ4n) is 1.85. The van der Waals surface area contributed by atoms with Gasteiger partial charge in [-0.15, -0.1) is 0 Å². The van der Waals surface area contributed by atoms with Gasteiger partial charge in [-0.25, -0.2) is 0 Å². The first-order valence-corrected chi connectivity index (χ1v) is 5.02. The van der Waals surface area contributed by atoms with E-state index in [0.717, 1.165) is 5.56 Å². The summed E-state index contributed by atoms with van der Waals surface area (Å²) in [5.41, 5.74) is 0.456. The highest BCUT2D eigenvalue weighted by Crippen LogP contribution is 2.38. The maximum absolute atomic E-state index is 9.97. The van der Waals surface area contributed by atoms with Gasteiger partial charge in [-0.05, 0) is 19.4 Å². The van der Waals surface area contributed by atoms with Crippen molar-refractivity contribution in [1.82, 2.24) is 0 Å². The molecule has 1 aliphatic rings. The molecule has 1 fully saturated rings. The van der Waals surface area contributed by atoms with Crippen molar-refractivity contribution < 1.29 is 9.84 Å². The smallest absolute Gasteiger partial charge is 0.0905 e. The van der Waals surface area contributed by atoms with E-state index in [-0.39, 0.29) is 12.2 Å². The topological polar surface area (TPSA) is 29.5 Å². The molecule has 2 rings (SSSR count). The average Bonchev–Trinajstić information content (AvgIpc) is 2.43. The van der Waals surface area contributed by atoms with Gasteiger partial charge in [0.2, 0.25) is 0 Å². The molecule has 1 heterocycles. The lowest BCUT2D eigenvalue weighted by atomic mass is 9.94. The van der Waals surface area contributed by atoms with E-state index in [9.17, 15) is 5.11 Å². The predicted octanol–water partition coefficient (Wildman–Crippen LogP) is 2.29. The van der Waals surface area contributed by atoms with Crippen molar-refractivity contribution in [2.45, 2.75) is 38.1 Å². The zero-order chi connectivity index (χ0) is 10.2. The van der Waals surface area contributed by atoms with Crippen LogP contribution in [0.2, 0.25) is 0 Å². The summed E-state index contributed by atoms with van der Waals surface area (Å²) in [7, 11) is 0. The van der Waals surface area contributed by atoms with Crippen LogP contribution in [0.3, 0.4) is 0 Å². The molecule has 1 aromatic carbocycles. The number of benzene rings is 1. The van der Waals surface area contributed by atoms with Crippen LogP contribution in [0.5, 0.6) is 0 Å². The Bertz CT molecular complexity index is 305.